The summed E-state index contributed by atoms with van der Waals surface area (Å²) < 4.78 is 1.39. The van der Waals surface area contributed by atoms with Crippen molar-refractivity contribution < 1.29 is 0 Å². The van der Waals surface area contributed by atoms with Gasteiger partial charge in [0.25, 0.3) is 0 Å². The highest BCUT2D eigenvalue weighted by molar-refractivity contribution is 5.73. The quantitative estimate of drug-likeness (QED) is 0.589. The fraction of sp³-hybridized carbons (Fsp3) is 0.111. The number of nitrogens with zero attached hydrogens (tertiary/aromatic N) is 4. The Balaban J connectivity index is 2.89. The van der Waals surface area contributed by atoms with E-state index < -0.39 is 0 Å². The number of aromatic nitrogens is 3. The Kier molecular flexibility index (Phi) is 1.75. The van der Waals surface area contributed by atoms with E-state index in [4.69, 9.17) is 5.26 Å². The topological polar surface area (TPSA) is 71.6 Å². The van der Waals surface area contributed by atoms with Gasteiger partial charge in [-0.15, -0.1) is 0 Å². The molecule has 0 aliphatic heterocycles. The highest BCUT2D eigenvalue weighted by atomic mass is 16.1. The molecule has 0 aliphatic rings. The molecular weight excluding hydrogens is 180 g/mol. The Morgan fingerprint density at radius 2 is 2.29 bits per heavy atom. The number of pyridine rings is 1. The zero-order valence-electron chi connectivity index (χ0n) is 7.43. The van der Waals surface area contributed by atoms with Crippen LogP contribution in [-0.4, -0.2) is 14.5 Å². The summed E-state index contributed by atoms with van der Waals surface area (Å²) in [5.41, 5.74) is 1.21. The predicted molar refractivity (Wildman–Crippen MR) is 49.5 cm³/mol. The number of fused-ring (bicyclic) bond motifs is 1. The lowest BCUT2D eigenvalue weighted by Gasteiger charge is -2.01. The average Bonchev–Trinajstić information content (AvgIpc) is 2.23. The SMILES string of the molecule is Cn1c(=O)ncc2nc(C#N)ccc21. The molecule has 0 saturated heterocycles. The Morgan fingerprint density at radius 1 is 1.50 bits per heavy atom. The maximum atomic E-state index is 11.1. The first kappa shape index (κ1) is 8.38. The van der Waals surface area contributed by atoms with Crippen molar-refractivity contribution in [1.29, 1.82) is 5.26 Å². The molecule has 0 bridgehead atoms. The van der Waals surface area contributed by atoms with Crippen molar-refractivity contribution in [3.8, 4) is 6.07 Å². The maximum Gasteiger partial charge on any atom is 0.347 e. The number of hydrogen-bond donors (Lipinski definition) is 0. The third kappa shape index (κ3) is 1.13. The first-order valence-electron chi connectivity index (χ1n) is 3.95. The molecule has 14 heavy (non-hydrogen) atoms. The number of aryl methyl sites for hydroxylation is 1. The van der Waals surface area contributed by atoms with E-state index in [0.29, 0.717) is 16.7 Å². The van der Waals surface area contributed by atoms with E-state index in [0.717, 1.165) is 0 Å². The summed E-state index contributed by atoms with van der Waals surface area (Å²) in [4.78, 5) is 18.8. The monoisotopic (exact) mass is 186 g/mol. The van der Waals surface area contributed by atoms with Crippen LogP contribution in [0, 0.1) is 11.3 Å². The van der Waals surface area contributed by atoms with Crippen molar-refractivity contribution in [3.05, 3.63) is 34.5 Å². The van der Waals surface area contributed by atoms with Crippen molar-refractivity contribution in [2.75, 3.05) is 0 Å². The molecule has 0 atom stereocenters. The molecule has 0 unspecified atom stereocenters. The summed E-state index contributed by atoms with van der Waals surface area (Å²) >= 11 is 0. The van der Waals surface area contributed by atoms with E-state index in [1.165, 1.54) is 10.8 Å². The third-order valence-corrected chi connectivity index (χ3v) is 1.96. The van der Waals surface area contributed by atoms with Gasteiger partial charge in [0.05, 0.1) is 11.7 Å². The zero-order chi connectivity index (χ0) is 10.1. The van der Waals surface area contributed by atoms with E-state index in [9.17, 15) is 4.79 Å². The van der Waals surface area contributed by atoms with E-state index in [1.807, 2.05) is 6.07 Å². The normalized spacial score (nSPS) is 10.0. The molecule has 0 amide bonds. The fourth-order valence-corrected chi connectivity index (χ4v) is 1.21. The number of hydrogen-bond acceptors (Lipinski definition) is 4. The minimum absolute atomic E-state index is 0.318. The van der Waals surface area contributed by atoms with Gasteiger partial charge in [-0.2, -0.15) is 10.2 Å². The molecule has 5 nitrogen and oxygen atoms in total. The lowest BCUT2D eigenvalue weighted by atomic mass is 10.3. The summed E-state index contributed by atoms with van der Waals surface area (Å²) in [6.45, 7) is 0. The second kappa shape index (κ2) is 2.92. The number of rotatable bonds is 0. The summed E-state index contributed by atoms with van der Waals surface area (Å²) in [7, 11) is 1.62. The lowest BCUT2D eigenvalue weighted by Crippen LogP contribution is -2.19. The fourth-order valence-electron chi connectivity index (χ4n) is 1.21. The van der Waals surface area contributed by atoms with Crippen molar-refractivity contribution >= 4 is 11.0 Å². The predicted octanol–water partition coefficient (Wildman–Crippen LogP) is 0.200. The minimum atomic E-state index is -0.330. The molecule has 2 heterocycles. The molecule has 2 aromatic heterocycles. The van der Waals surface area contributed by atoms with Gasteiger partial charge >= 0.3 is 5.69 Å². The molecule has 0 spiro atoms. The molecule has 68 valence electrons. The van der Waals surface area contributed by atoms with Gasteiger partial charge in [0.1, 0.15) is 17.3 Å². The highest BCUT2D eigenvalue weighted by Gasteiger charge is 2.01. The van der Waals surface area contributed by atoms with E-state index in [2.05, 4.69) is 9.97 Å². The molecule has 0 aromatic carbocycles. The van der Waals surface area contributed by atoms with E-state index >= 15 is 0 Å². The molecule has 0 radical (unpaired) electrons. The smallest absolute Gasteiger partial charge is 0.293 e. The first-order valence-corrected chi connectivity index (χ1v) is 3.95. The molecule has 2 aromatic rings. The summed E-state index contributed by atoms with van der Waals surface area (Å²) in [5.74, 6) is 0. The van der Waals surface area contributed by atoms with Gasteiger partial charge in [0.2, 0.25) is 0 Å². The molecule has 5 heteroatoms. The summed E-state index contributed by atoms with van der Waals surface area (Å²) in [6.07, 6.45) is 1.37. The van der Waals surface area contributed by atoms with Crippen molar-refractivity contribution in [3.63, 3.8) is 0 Å². The van der Waals surface area contributed by atoms with Crippen LogP contribution in [0.25, 0.3) is 11.0 Å². The Bertz CT molecular complexity index is 594. The number of nitriles is 1. The van der Waals surface area contributed by atoms with Gasteiger partial charge < -0.3 is 0 Å². The van der Waals surface area contributed by atoms with Gasteiger partial charge in [-0.25, -0.2) is 9.78 Å². The summed E-state index contributed by atoms with van der Waals surface area (Å²) in [6, 6.07) is 5.18. The van der Waals surface area contributed by atoms with Crippen LogP contribution in [0.3, 0.4) is 0 Å². The molecule has 0 N–H and O–H groups in total. The highest BCUT2D eigenvalue weighted by Crippen LogP contribution is 2.07. The molecule has 0 saturated carbocycles. The van der Waals surface area contributed by atoms with E-state index in [-0.39, 0.29) is 5.69 Å². The van der Waals surface area contributed by atoms with Crippen LogP contribution in [0.1, 0.15) is 5.69 Å². The van der Waals surface area contributed by atoms with Crippen LogP contribution < -0.4 is 5.69 Å². The van der Waals surface area contributed by atoms with E-state index in [1.54, 1.807) is 19.2 Å². The van der Waals surface area contributed by atoms with Crippen LogP contribution in [-0.2, 0) is 7.05 Å². The van der Waals surface area contributed by atoms with Gasteiger partial charge in [0.15, 0.2) is 0 Å². The molecule has 2 rings (SSSR count). The maximum absolute atomic E-state index is 11.1. The van der Waals surface area contributed by atoms with Crippen LogP contribution >= 0.6 is 0 Å². The zero-order valence-corrected chi connectivity index (χ0v) is 7.43. The second-order valence-corrected chi connectivity index (χ2v) is 2.81. The minimum Gasteiger partial charge on any atom is -0.293 e. The van der Waals surface area contributed by atoms with Crippen LogP contribution in [0.5, 0.6) is 0 Å². The van der Waals surface area contributed by atoms with Crippen LogP contribution in [0.2, 0.25) is 0 Å². The van der Waals surface area contributed by atoms with Crippen LogP contribution in [0.15, 0.2) is 23.1 Å². The molecule has 0 fully saturated rings. The summed E-state index contributed by atoms with van der Waals surface area (Å²) in [5, 5.41) is 8.62. The van der Waals surface area contributed by atoms with Gasteiger partial charge in [-0.3, -0.25) is 4.57 Å². The Hall–Kier alpha value is -2.22. The van der Waals surface area contributed by atoms with Crippen molar-refractivity contribution in [1.82, 2.24) is 14.5 Å². The Labute approximate surface area is 79.3 Å². The van der Waals surface area contributed by atoms with Crippen molar-refractivity contribution in [2.24, 2.45) is 7.05 Å². The first-order chi connectivity index (χ1) is 6.72. The van der Waals surface area contributed by atoms with Gasteiger partial charge in [-0.05, 0) is 12.1 Å². The third-order valence-electron chi connectivity index (χ3n) is 1.96. The lowest BCUT2D eigenvalue weighted by molar-refractivity contribution is 0.849. The largest absolute Gasteiger partial charge is 0.347 e. The Morgan fingerprint density at radius 3 is 3.00 bits per heavy atom. The van der Waals surface area contributed by atoms with Gasteiger partial charge in [-0.1, -0.05) is 0 Å². The molecule has 0 aliphatic carbocycles. The average molecular weight is 186 g/mol. The van der Waals surface area contributed by atoms with Crippen molar-refractivity contribution in [2.45, 2.75) is 0 Å². The standard InChI is InChI=1S/C9H6N4O/c1-13-8-3-2-6(4-10)12-7(8)5-11-9(13)14/h2-3,5H,1H3. The van der Waals surface area contributed by atoms with Gasteiger partial charge in [0, 0.05) is 7.05 Å². The second-order valence-electron chi connectivity index (χ2n) is 2.81. The molecular formula is C9H6N4O. The van der Waals surface area contributed by atoms with Crippen LogP contribution in [0.4, 0.5) is 0 Å².